The highest BCUT2D eigenvalue weighted by molar-refractivity contribution is 7.89. The van der Waals surface area contributed by atoms with Gasteiger partial charge in [-0.05, 0) is 13.1 Å². The third-order valence-corrected chi connectivity index (χ3v) is 3.41. The van der Waals surface area contributed by atoms with Gasteiger partial charge in [0.1, 0.15) is 5.56 Å². The van der Waals surface area contributed by atoms with Crippen molar-refractivity contribution in [2.24, 2.45) is 0 Å². The van der Waals surface area contributed by atoms with Gasteiger partial charge in [0.15, 0.2) is 0 Å². The molecular weight excluding hydrogens is 246 g/mol. The van der Waals surface area contributed by atoms with Gasteiger partial charge in [-0.2, -0.15) is 0 Å². The minimum atomic E-state index is -3.30. The molecule has 17 heavy (non-hydrogen) atoms. The molecule has 0 amide bonds. The molecule has 0 aliphatic heterocycles. The summed E-state index contributed by atoms with van der Waals surface area (Å²) < 4.78 is 24.4. The van der Waals surface area contributed by atoms with E-state index in [9.17, 15) is 13.2 Å². The van der Waals surface area contributed by atoms with Crippen molar-refractivity contribution in [2.75, 3.05) is 24.7 Å². The van der Waals surface area contributed by atoms with Crippen LogP contribution in [0.4, 0.5) is 5.69 Å². The Morgan fingerprint density at radius 2 is 2.24 bits per heavy atom. The molecule has 0 saturated heterocycles. The van der Waals surface area contributed by atoms with E-state index < -0.39 is 16.0 Å². The van der Waals surface area contributed by atoms with Crippen LogP contribution in [0.1, 0.15) is 10.4 Å². The molecule has 7 nitrogen and oxygen atoms in total. The molecule has 0 aliphatic rings. The fourth-order valence-corrected chi connectivity index (χ4v) is 1.72. The zero-order valence-electron chi connectivity index (χ0n) is 9.17. The third kappa shape index (κ3) is 4.00. The second kappa shape index (κ2) is 5.60. The molecule has 0 atom stereocenters. The van der Waals surface area contributed by atoms with Gasteiger partial charge in [-0.25, -0.2) is 17.9 Å². The number of carboxylic acid groups (broad SMARTS) is 1. The Balaban J connectivity index is 2.67. The number of nitrogens with zero attached hydrogens (tertiary/aromatic N) is 1. The SMILES string of the molecule is CNS(=O)(=O)CCNc1ccncc1C(=O)O. The summed E-state index contributed by atoms with van der Waals surface area (Å²) in [5.41, 5.74) is 0.355. The molecule has 0 radical (unpaired) electrons. The normalized spacial score (nSPS) is 11.1. The van der Waals surface area contributed by atoms with Gasteiger partial charge in [-0.3, -0.25) is 4.98 Å². The van der Waals surface area contributed by atoms with Gasteiger partial charge in [-0.15, -0.1) is 0 Å². The lowest BCUT2D eigenvalue weighted by atomic mass is 10.2. The molecule has 0 bridgehead atoms. The van der Waals surface area contributed by atoms with Crippen LogP contribution >= 0.6 is 0 Å². The summed E-state index contributed by atoms with van der Waals surface area (Å²) in [5, 5.41) is 11.6. The highest BCUT2D eigenvalue weighted by atomic mass is 32.2. The number of carboxylic acids is 1. The van der Waals surface area contributed by atoms with Gasteiger partial charge in [0.25, 0.3) is 0 Å². The average Bonchev–Trinajstić information content (AvgIpc) is 2.29. The number of pyridine rings is 1. The summed E-state index contributed by atoms with van der Waals surface area (Å²) >= 11 is 0. The number of hydrogen-bond donors (Lipinski definition) is 3. The van der Waals surface area contributed by atoms with Gasteiger partial charge in [-0.1, -0.05) is 0 Å². The zero-order chi connectivity index (χ0) is 12.9. The maximum Gasteiger partial charge on any atom is 0.339 e. The number of anilines is 1. The Labute approximate surface area is 98.9 Å². The lowest BCUT2D eigenvalue weighted by molar-refractivity contribution is 0.0697. The van der Waals surface area contributed by atoms with E-state index in [0.29, 0.717) is 5.69 Å². The Bertz CT molecular complexity index is 501. The van der Waals surface area contributed by atoms with Crippen LogP contribution in [0, 0.1) is 0 Å². The largest absolute Gasteiger partial charge is 0.478 e. The molecule has 8 heteroatoms. The quantitative estimate of drug-likeness (QED) is 0.649. The van der Waals surface area contributed by atoms with Gasteiger partial charge in [0.05, 0.1) is 11.4 Å². The maximum atomic E-state index is 11.1. The molecule has 1 aromatic heterocycles. The second-order valence-corrected chi connectivity index (χ2v) is 5.22. The number of sulfonamides is 1. The topological polar surface area (TPSA) is 108 Å². The van der Waals surface area contributed by atoms with Gasteiger partial charge < -0.3 is 10.4 Å². The van der Waals surface area contributed by atoms with Crippen molar-refractivity contribution in [3.8, 4) is 0 Å². The highest BCUT2D eigenvalue weighted by Crippen LogP contribution is 2.12. The van der Waals surface area contributed by atoms with E-state index in [0.717, 1.165) is 0 Å². The predicted molar refractivity (Wildman–Crippen MR) is 62.5 cm³/mol. The van der Waals surface area contributed by atoms with Crippen LogP contribution < -0.4 is 10.0 Å². The van der Waals surface area contributed by atoms with Crippen molar-refractivity contribution >= 4 is 21.7 Å². The van der Waals surface area contributed by atoms with Crippen LogP contribution in [0.5, 0.6) is 0 Å². The van der Waals surface area contributed by atoms with E-state index in [2.05, 4.69) is 15.0 Å². The Morgan fingerprint density at radius 3 is 2.82 bits per heavy atom. The first-order chi connectivity index (χ1) is 7.96. The van der Waals surface area contributed by atoms with Crippen LogP contribution in [0.3, 0.4) is 0 Å². The van der Waals surface area contributed by atoms with Crippen molar-refractivity contribution in [3.63, 3.8) is 0 Å². The van der Waals surface area contributed by atoms with E-state index in [-0.39, 0.29) is 17.9 Å². The summed E-state index contributed by atoms with van der Waals surface area (Å²) in [4.78, 5) is 14.5. The van der Waals surface area contributed by atoms with Crippen LogP contribution in [-0.2, 0) is 10.0 Å². The molecule has 1 rings (SSSR count). The third-order valence-electron chi connectivity index (χ3n) is 2.05. The van der Waals surface area contributed by atoms with Crippen molar-refractivity contribution in [1.82, 2.24) is 9.71 Å². The maximum absolute atomic E-state index is 11.1. The Morgan fingerprint density at radius 1 is 1.53 bits per heavy atom. The lowest BCUT2D eigenvalue weighted by Gasteiger charge is -2.08. The molecule has 1 aromatic rings. The fraction of sp³-hybridized carbons (Fsp3) is 0.333. The summed E-state index contributed by atoms with van der Waals surface area (Å²) in [6, 6.07) is 1.48. The predicted octanol–water partition coefficient (Wildman–Crippen LogP) is -0.259. The number of aromatic carboxylic acids is 1. The van der Waals surface area contributed by atoms with Crippen molar-refractivity contribution in [3.05, 3.63) is 24.0 Å². The van der Waals surface area contributed by atoms with E-state index >= 15 is 0 Å². The van der Waals surface area contributed by atoms with E-state index in [1.54, 1.807) is 0 Å². The highest BCUT2D eigenvalue weighted by Gasteiger charge is 2.11. The summed E-state index contributed by atoms with van der Waals surface area (Å²) in [5.74, 6) is -1.25. The molecule has 0 fully saturated rings. The molecule has 0 unspecified atom stereocenters. The summed E-state index contributed by atoms with van der Waals surface area (Å²) in [6.45, 7) is 0.119. The van der Waals surface area contributed by atoms with Crippen molar-refractivity contribution in [1.29, 1.82) is 0 Å². The molecule has 94 valence electrons. The van der Waals surface area contributed by atoms with Crippen LogP contribution in [0.25, 0.3) is 0 Å². The number of hydrogen-bond acceptors (Lipinski definition) is 5. The molecule has 0 aromatic carbocycles. The van der Waals surface area contributed by atoms with Crippen LogP contribution in [0.15, 0.2) is 18.5 Å². The number of aromatic nitrogens is 1. The second-order valence-electron chi connectivity index (χ2n) is 3.18. The molecule has 3 N–H and O–H groups in total. The molecule has 0 saturated carbocycles. The average molecular weight is 259 g/mol. The van der Waals surface area contributed by atoms with Crippen molar-refractivity contribution < 1.29 is 18.3 Å². The van der Waals surface area contributed by atoms with Gasteiger partial charge >= 0.3 is 5.97 Å². The van der Waals surface area contributed by atoms with Crippen LogP contribution in [-0.4, -0.2) is 43.8 Å². The fourth-order valence-electron chi connectivity index (χ4n) is 1.14. The zero-order valence-corrected chi connectivity index (χ0v) is 9.99. The van der Waals surface area contributed by atoms with E-state index in [1.807, 2.05) is 0 Å². The van der Waals surface area contributed by atoms with Crippen molar-refractivity contribution in [2.45, 2.75) is 0 Å². The minimum Gasteiger partial charge on any atom is -0.478 e. The van der Waals surface area contributed by atoms with E-state index in [1.165, 1.54) is 25.5 Å². The first kappa shape index (κ1) is 13.4. The smallest absolute Gasteiger partial charge is 0.339 e. The molecule has 0 spiro atoms. The van der Waals surface area contributed by atoms with E-state index in [4.69, 9.17) is 5.11 Å². The number of carbonyl (C=O) groups is 1. The standard InChI is InChI=1S/C9H13N3O4S/c1-10-17(15,16)5-4-12-8-2-3-11-6-7(8)9(13)14/h2-3,6,10H,4-5H2,1H3,(H,11,12)(H,13,14). The molecule has 0 aliphatic carbocycles. The first-order valence-corrected chi connectivity index (χ1v) is 6.44. The Hall–Kier alpha value is -1.67. The van der Waals surface area contributed by atoms with Crippen LogP contribution in [0.2, 0.25) is 0 Å². The van der Waals surface area contributed by atoms with Gasteiger partial charge in [0, 0.05) is 18.9 Å². The number of rotatable bonds is 6. The summed E-state index contributed by atoms with van der Waals surface area (Å²) in [6.07, 6.45) is 2.64. The Kier molecular flexibility index (Phi) is 4.41. The van der Waals surface area contributed by atoms with Gasteiger partial charge in [0.2, 0.25) is 10.0 Å². The number of nitrogens with one attached hydrogen (secondary N) is 2. The summed E-state index contributed by atoms with van der Waals surface area (Å²) in [7, 11) is -1.97. The molecule has 1 heterocycles. The first-order valence-electron chi connectivity index (χ1n) is 4.78. The molecular formula is C9H13N3O4S. The minimum absolute atomic E-state index is 0.00866. The lowest BCUT2D eigenvalue weighted by Crippen LogP contribution is -2.26. The monoisotopic (exact) mass is 259 g/mol.